The Kier molecular flexibility index (Phi) is 3.59. The van der Waals surface area contributed by atoms with Crippen molar-refractivity contribution in [2.24, 2.45) is 0 Å². The van der Waals surface area contributed by atoms with Gasteiger partial charge in [0.25, 0.3) is 5.91 Å². The van der Waals surface area contributed by atoms with Gasteiger partial charge < -0.3 is 9.64 Å². The van der Waals surface area contributed by atoms with Crippen molar-refractivity contribution < 1.29 is 13.9 Å². The highest BCUT2D eigenvalue weighted by Crippen LogP contribution is 2.21. The minimum Gasteiger partial charge on any atom is -0.372 e. The van der Waals surface area contributed by atoms with Crippen LogP contribution < -0.4 is 0 Å². The molecule has 0 spiro atoms. The average Bonchev–Trinajstić information content (AvgIpc) is 2.30. The third-order valence-electron chi connectivity index (χ3n) is 2.87. The molecule has 1 aromatic rings. The van der Waals surface area contributed by atoms with Crippen molar-refractivity contribution in [3.8, 4) is 0 Å². The zero-order chi connectivity index (χ0) is 13.3. The van der Waals surface area contributed by atoms with Crippen LogP contribution in [0.4, 0.5) is 4.39 Å². The molecule has 0 bridgehead atoms. The van der Waals surface area contributed by atoms with Gasteiger partial charge in [0.05, 0.1) is 17.8 Å². The number of amides is 1. The fraction of sp³-hybridized carbons (Fsp3) is 0.462. The molecular weight excluding hydrogens is 257 g/mol. The lowest BCUT2D eigenvalue weighted by molar-refractivity contribution is -0.0764. The highest BCUT2D eigenvalue weighted by atomic mass is 35.5. The van der Waals surface area contributed by atoms with Gasteiger partial charge in [-0.05, 0) is 32.0 Å². The molecule has 1 aromatic carbocycles. The Bertz CT molecular complexity index is 476. The van der Waals surface area contributed by atoms with E-state index in [0.717, 1.165) is 0 Å². The molecular formula is C13H15ClFNO2. The standard InChI is InChI=1S/C13H15ClFNO2/c1-13(2)8-16(5-6-18-13)12(17)10-7-9(14)3-4-11(10)15/h3-4,7H,5-6,8H2,1-2H3. The molecule has 1 fully saturated rings. The van der Waals surface area contributed by atoms with Crippen LogP contribution in [-0.4, -0.2) is 36.1 Å². The molecule has 0 radical (unpaired) electrons. The molecule has 1 aliphatic rings. The SMILES string of the molecule is CC1(C)CN(C(=O)c2cc(Cl)ccc2F)CCO1. The summed E-state index contributed by atoms with van der Waals surface area (Å²) in [5, 5.41) is 0.354. The van der Waals surface area contributed by atoms with Gasteiger partial charge in [0.15, 0.2) is 0 Å². The maximum absolute atomic E-state index is 13.6. The normalized spacial score (nSPS) is 18.8. The molecule has 3 nitrogen and oxygen atoms in total. The smallest absolute Gasteiger partial charge is 0.257 e. The Morgan fingerprint density at radius 2 is 2.22 bits per heavy atom. The topological polar surface area (TPSA) is 29.5 Å². The Balaban J connectivity index is 2.23. The van der Waals surface area contributed by atoms with E-state index < -0.39 is 11.4 Å². The lowest BCUT2D eigenvalue weighted by atomic mass is 10.1. The molecule has 5 heteroatoms. The van der Waals surface area contributed by atoms with Crippen molar-refractivity contribution in [3.63, 3.8) is 0 Å². The molecule has 0 aliphatic carbocycles. The second kappa shape index (κ2) is 4.86. The first-order chi connectivity index (χ1) is 8.39. The summed E-state index contributed by atoms with van der Waals surface area (Å²) in [7, 11) is 0. The fourth-order valence-corrected chi connectivity index (χ4v) is 2.19. The number of carbonyl (C=O) groups excluding carboxylic acids is 1. The molecule has 18 heavy (non-hydrogen) atoms. The predicted octanol–water partition coefficient (Wildman–Crippen LogP) is 2.73. The second-order valence-electron chi connectivity index (χ2n) is 4.96. The molecule has 1 aliphatic heterocycles. The summed E-state index contributed by atoms with van der Waals surface area (Å²) in [6.07, 6.45) is 0. The summed E-state index contributed by atoms with van der Waals surface area (Å²) in [5.74, 6) is -0.889. The Labute approximate surface area is 110 Å². The van der Waals surface area contributed by atoms with Crippen molar-refractivity contribution in [3.05, 3.63) is 34.6 Å². The Morgan fingerprint density at radius 3 is 2.89 bits per heavy atom. The van der Waals surface area contributed by atoms with Gasteiger partial charge in [0.2, 0.25) is 0 Å². The number of halogens is 2. The molecule has 0 unspecified atom stereocenters. The van der Waals surface area contributed by atoms with E-state index in [0.29, 0.717) is 24.7 Å². The van der Waals surface area contributed by atoms with Crippen molar-refractivity contribution in [2.75, 3.05) is 19.7 Å². The maximum atomic E-state index is 13.6. The molecule has 1 amide bonds. The van der Waals surface area contributed by atoms with Gasteiger partial charge in [0.1, 0.15) is 5.82 Å². The average molecular weight is 272 g/mol. The molecule has 2 rings (SSSR count). The highest BCUT2D eigenvalue weighted by Gasteiger charge is 2.31. The molecule has 0 N–H and O–H groups in total. The van der Waals surface area contributed by atoms with E-state index in [1.165, 1.54) is 18.2 Å². The molecule has 0 aromatic heterocycles. The van der Waals surface area contributed by atoms with E-state index in [4.69, 9.17) is 16.3 Å². The largest absolute Gasteiger partial charge is 0.372 e. The molecule has 98 valence electrons. The number of benzene rings is 1. The van der Waals surface area contributed by atoms with Crippen LogP contribution in [0.5, 0.6) is 0 Å². The van der Waals surface area contributed by atoms with Crippen molar-refractivity contribution in [1.82, 2.24) is 4.90 Å². The van der Waals surface area contributed by atoms with E-state index >= 15 is 0 Å². The first kappa shape index (κ1) is 13.3. The van der Waals surface area contributed by atoms with E-state index in [2.05, 4.69) is 0 Å². The van der Waals surface area contributed by atoms with Crippen LogP contribution in [-0.2, 0) is 4.74 Å². The highest BCUT2D eigenvalue weighted by molar-refractivity contribution is 6.31. The first-order valence-corrected chi connectivity index (χ1v) is 6.15. The lowest BCUT2D eigenvalue weighted by Gasteiger charge is -2.38. The number of nitrogens with zero attached hydrogens (tertiary/aromatic N) is 1. The summed E-state index contributed by atoms with van der Waals surface area (Å²) >= 11 is 5.79. The molecule has 1 saturated heterocycles. The Morgan fingerprint density at radius 1 is 1.50 bits per heavy atom. The zero-order valence-electron chi connectivity index (χ0n) is 10.4. The van der Waals surface area contributed by atoms with Crippen LogP contribution in [0.1, 0.15) is 24.2 Å². The van der Waals surface area contributed by atoms with Crippen LogP contribution >= 0.6 is 11.6 Å². The quantitative estimate of drug-likeness (QED) is 0.786. The summed E-state index contributed by atoms with van der Waals surface area (Å²) in [6, 6.07) is 4.00. The summed E-state index contributed by atoms with van der Waals surface area (Å²) < 4.78 is 19.2. The zero-order valence-corrected chi connectivity index (χ0v) is 11.1. The van der Waals surface area contributed by atoms with Crippen LogP contribution in [0.15, 0.2) is 18.2 Å². The van der Waals surface area contributed by atoms with Crippen LogP contribution in [0, 0.1) is 5.82 Å². The lowest BCUT2D eigenvalue weighted by Crippen LogP contribution is -2.50. The van der Waals surface area contributed by atoms with Gasteiger partial charge in [0, 0.05) is 18.1 Å². The van der Waals surface area contributed by atoms with Gasteiger partial charge in [-0.2, -0.15) is 0 Å². The fourth-order valence-electron chi connectivity index (χ4n) is 2.02. The van der Waals surface area contributed by atoms with E-state index in [9.17, 15) is 9.18 Å². The molecule has 0 atom stereocenters. The third kappa shape index (κ3) is 2.82. The van der Waals surface area contributed by atoms with Crippen molar-refractivity contribution >= 4 is 17.5 Å². The molecule has 0 saturated carbocycles. The van der Waals surface area contributed by atoms with E-state index in [-0.39, 0.29) is 11.5 Å². The number of rotatable bonds is 1. The van der Waals surface area contributed by atoms with Gasteiger partial charge in [-0.1, -0.05) is 11.6 Å². The predicted molar refractivity (Wildman–Crippen MR) is 67.3 cm³/mol. The third-order valence-corrected chi connectivity index (χ3v) is 3.11. The number of morpholine rings is 1. The monoisotopic (exact) mass is 271 g/mol. The van der Waals surface area contributed by atoms with Crippen LogP contribution in [0.25, 0.3) is 0 Å². The Hall–Kier alpha value is -1.13. The number of hydrogen-bond donors (Lipinski definition) is 0. The van der Waals surface area contributed by atoms with Gasteiger partial charge in [-0.15, -0.1) is 0 Å². The van der Waals surface area contributed by atoms with Crippen LogP contribution in [0.2, 0.25) is 5.02 Å². The van der Waals surface area contributed by atoms with Crippen molar-refractivity contribution in [1.29, 1.82) is 0 Å². The maximum Gasteiger partial charge on any atom is 0.257 e. The number of hydrogen-bond acceptors (Lipinski definition) is 2. The number of carbonyl (C=O) groups is 1. The van der Waals surface area contributed by atoms with Gasteiger partial charge in [-0.25, -0.2) is 4.39 Å². The minimum atomic E-state index is -0.548. The number of ether oxygens (including phenoxy) is 1. The van der Waals surface area contributed by atoms with E-state index in [1.54, 1.807) is 4.90 Å². The van der Waals surface area contributed by atoms with Crippen molar-refractivity contribution in [2.45, 2.75) is 19.4 Å². The summed E-state index contributed by atoms with van der Waals surface area (Å²) in [5.41, 5.74) is -0.386. The van der Waals surface area contributed by atoms with Gasteiger partial charge >= 0.3 is 0 Å². The summed E-state index contributed by atoms with van der Waals surface area (Å²) in [6.45, 7) is 5.18. The first-order valence-electron chi connectivity index (χ1n) is 5.77. The second-order valence-corrected chi connectivity index (χ2v) is 5.40. The molecule has 1 heterocycles. The van der Waals surface area contributed by atoms with E-state index in [1.807, 2.05) is 13.8 Å². The minimum absolute atomic E-state index is 0.0141. The summed E-state index contributed by atoms with van der Waals surface area (Å²) in [4.78, 5) is 13.8. The van der Waals surface area contributed by atoms with Crippen LogP contribution in [0.3, 0.4) is 0 Å². The van der Waals surface area contributed by atoms with Gasteiger partial charge in [-0.3, -0.25) is 4.79 Å².